The van der Waals surface area contributed by atoms with E-state index in [0.29, 0.717) is 5.56 Å². The minimum absolute atomic E-state index is 0.00653. The Morgan fingerprint density at radius 2 is 2.18 bits per heavy atom. The highest BCUT2D eigenvalue weighted by Crippen LogP contribution is 2.33. The van der Waals surface area contributed by atoms with Crippen LogP contribution in [0.25, 0.3) is 0 Å². The quantitative estimate of drug-likeness (QED) is 0.855. The molecule has 0 saturated carbocycles. The summed E-state index contributed by atoms with van der Waals surface area (Å²) in [7, 11) is 0. The minimum Gasteiger partial charge on any atom is -0.359 e. The van der Waals surface area contributed by atoms with Gasteiger partial charge in [-0.05, 0) is 40.5 Å². The fourth-order valence-electron chi connectivity index (χ4n) is 2.81. The summed E-state index contributed by atoms with van der Waals surface area (Å²) in [6, 6.07) is 1.89. The second-order valence-electron chi connectivity index (χ2n) is 6.87. The number of hydrogen-bond donors (Lipinski definition) is 0. The van der Waals surface area contributed by atoms with Gasteiger partial charge in [-0.1, -0.05) is 5.16 Å². The van der Waals surface area contributed by atoms with Gasteiger partial charge >= 0.3 is 0 Å². The maximum atomic E-state index is 12.8. The molecular weight excluding hydrogens is 280 g/mol. The van der Waals surface area contributed by atoms with E-state index in [1.807, 2.05) is 28.8 Å². The van der Waals surface area contributed by atoms with E-state index in [0.717, 1.165) is 30.8 Å². The van der Waals surface area contributed by atoms with E-state index in [-0.39, 0.29) is 17.5 Å². The third-order valence-electron chi connectivity index (χ3n) is 4.01. The van der Waals surface area contributed by atoms with Crippen molar-refractivity contribution in [3.05, 3.63) is 35.5 Å². The summed E-state index contributed by atoms with van der Waals surface area (Å²) >= 11 is 0. The van der Waals surface area contributed by atoms with E-state index in [1.165, 1.54) is 0 Å². The Hall–Kier alpha value is -2.11. The molecule has 22 heavy (non-hydrogen) atoms. The topological polar surface area (TPSA) is 64.2 Å². The summed E-state index contributed by atoms with van der Waals surface area (Å²) in [5.41, 5.74) is 1.33. The molecule has 0 N–H and O–H groups in total. The summed E-state index contributed by atoms with van der Waals surface area (Å²) in [6.07, 6.45) is 5.36. The van der Waals surface area contributed by atoms with Crippen molar-refractivity contribution in [3.8, 4) is 0 Å². The molecule has 0 spiro atoms. The molecule has 0 bridgehead atoms. The van der Waals surface area contributed by atoms with Gasteiger partial charge in [0.2, 0.25) is 0 Å². The van der Waals surface area contributed by atoms with Crippen LogP contribution in [0.1, 0.15) is 61.5 Å². The standard InChI is InChI=1S/C16H22N4O2/c1-11-8-14(22-18-11)13-6-5-7-19(13)15(21)12-9-17-20(10-12)16(2,3)4/h8-10,13H,5-7H2,1-4H3/t13-/m0/s1. The Balaban J connectivity index is 1.83. The summed E-state index contributed by atoms with van der Waals surface area (Å²) in [6.45, 7) is 8.81. The molecule has 0 aromatic carbocycles. The smallest absolute Gasteiger partial charge is 0.257 e. The zero-order chi connectivity index (χ0) is 15.9. The molecule has 0 aliphatic carbocycles. The second-order valence-corrected chi connectivity index (χ2v) is 6.87. The third-order valence-corrected chi connectivity index (χ3v) is 4.01. The van der Waals surface area contributed by atoms with Crippen molar-refractivity contribution >= 4 is 5.91 Å². The average molecular weight is 302 g/mol. The zero-order valence-corrected chi connectivity index (χ0v) is 13.5. The molecule has 6 nitrogen and oxygen atoms in total. The van der Waals surface area contributed by atoms with E-state index in [1.54, 1.807) is 6.20 Å². The molecule has 1 fully saturated rings. The Morgan fingerprint density at radius 1 is 1.41 bits per heavy atom. The maximum Gasteiger partial charge on any atom is 0.257 e. The molecule has 1 atom stereocenters. The lowest BCUT2D eigenvalue weighted by atomic mass is 10.1. The molecule has 2 aromatic rings. The van der Waals surface area contributed by atoms with Gasteiger partial charge in [0.15, 0.2) is 5.76 Å². The van der Waals surface area contributed by atoms with Crippen LogP contribution in [0.2, 0.25) is 0 Å². The fraction of sp³-hybridized carbons (Fsp3) is 0.562. The van der Waals surface area contributed by atoms with Crippen LogP contribution in [-0.2, 0) is 5.54 Å². The van der Waals surface area contributed by atoms with Crippen LogP contribution in [-0.4, -0.2) is 32.3 Å². The number of hydrogen-bond acceptors (Lipinski definition) is 4. The first-order valence-corrected chi connectivity index (χ1v) is 7.65. The number of rotatable bonds is 2. The SMILES string of the molecule is Cc1cc([C@@H]2CCCN2C(=O)c2cnn(C(C)(C)C)c2)on1. The normalized spacial score (nSPS) is 18.9. The van der Waals surface area contributed by atoms with Crippen molar-refractivity contribution < 1.29 is 9.32 Å². The summed E-state index contributed by atoms with van der Waals surface area (Å²) in [5, 5.41) is 8.25. The molecule has 1 aliphatic rings. The lowest BCUT2D eigenvalue weighted by Gasteiger charge is -2.22. The fourth-order valence-corrected chi connectivity index (χ4v) is 2.81. The molecule has 118 valence electrons. The first kappa shape index (κ1) is 14.8. The van der Waals surface area contributed by atoms with Crippen molar-refractivity contribution in [2.24, 2.45) is 0 Å². The first-order valence-electron chi connectivity index (χ1n) is 7.65. The third kappa shape index (κ3) is 2.65. The lowest BCUT2D eigenvalue weighted by molar-refractivity contribution is 0.0714. The highest BCUT2D eigenvalue weighted by Gasteiger charge is 2.34. The molecule has 0 radical (unpaired) electrons. The Labute approximate surface area is 130 Å². The number of carbonyl (C=O) groups excluding carboxylic acids is 1. The Kier molecular flexibility index (Phi) is 3.54. The van der Waals surface area contributed by atoms with Crippen molar-refractivity contribution in [3.63, 3.8) is 0 Å². The molecule has 3 rings (SSSR count). The molecular formula is C16H22N4O2. The van der Waals surface area contributed by atoms with E-state index >= 15 is 0 Å². The summed E-state index contributed by atoms with van der Waals surface area (Å²) in [5.74, 6) is 0.776. The largest absolute Gasteiger partial charge is 0.359 e. The predicted octanol–water partition coefficient (Wildman–Crippen LogP) is 2.91. The summed E-state index contributed by atoms with van der Waals surface area (Å²) in [4.78, 5) is 14.7. The number of likely N-dealkylation sites (tertiary alicyclic amines) is 1. The van der Waals surface area contributed by atoms with Crippen molar-refractivity contribution in [2.45, 2.75) is 52.1 Å². The zero-order valence-electron chi connectivity index (χ0n) is 13.5. The predicted molar refractivity (Wildman–Crippen MR) is 81.5 cm³/mol. The highest BCUT2D eigenvalue weighted by molar-refractivity contribution is 5.94. The molecule has 6 heteroatoms. The average Bonchev–Trinajstić information content (AvgIpc) is 3.16. The number of aryl methyl sites for hydroxylation is 1. The van der Waals surface area contributed by atoms with Gasteiger partial charge in [-0.2, -0.15) is 5.10 Å². The van der Waals surface area contributed by atoms with E-state index in [2.05, 4.69) is 31.0 Å². The molecule has 1 amide bonds. The van der Waals surface area contributed by atoms with Crippen molar-refractivity contribution in [1.82, 2.24) is 19.8 Å². The number of aromatic nitrogens is 3. The van der Waals surface area contributed by atoms with Crippen LogP contribution in [0.4, 0.5) is 0 Å². The van der Waals surface area contributed by atoms with Crippen LogP contribution >= 0.6 is 0 Å². The van der Waals surface area contributed by atoms with Gasteiger partial charge in [-0.15, -0.1) is 0 Å². The van der Waals surface area contributed by atoms with Gasteiger partial charge in [-0.25, -0.2) is 0 Å². The number of amides is 1. The molecule has 1 aliphatic heterocycles. The van der Waals surface area contributed by atoms with Crippen LogP contribution < -0.4 is 0 Å². The van der Waals surface area contributed by atoms with Crippen LogP contribution in [0.5, 0.6) is 0 Å². The highest BCUT2D eigenvalue weighted by atomic mass is 16.5. The number of carbonyl (C=O) groups is 1. The molecule has 0 unspecified atom stereocenters. The first-order chi connectivity index (χ1) is 10.4. The van der Waals surface area contributed by atoms with E-state index in [4.69, 9.17) is 4.52 Å². The van der Waals surface area contributed by atoms with Gasteiger partial charge < -0.3 is 9.42 Å². The van der Waals surface area contributed by atoms with Crippen LogP contribution in [0, 0.1) is 6.92 Å². The molecule has 1 saturated heterocycles. The summed E-state index contributed by atoms with van der Waals surface area (Å²) < 4.78 is 7.18. The monoisotopic (exact) mass is 302 g/mol. The van der Waals surface area contributed by atoms with Gasteiger partial charge in [0.1, 0.15) is 0 Å². The van der Waals surface area contributed by atoms with Gasteiger partial charge in [0, 0.05) is 18.8 Å². The molecule has 3 heterocycles. The van der Waals surface area contributed by atoms with Crippen LogP contribution in [0.3, 0.4) is 0 Å². The van der Waals surface area contributed by atoms with E-state index < -0.39 is 0 Å². The maximum absolute atomic E-state index is 12.8. The van der Waals surface area contributed by atoms with Crippen molar-refractivity contribution in [2.75, 3.05) is 6.54 Å². The van der Waals surface area contributed by atoms with Crippen molar-refractivity contribution in [1.29, 1.82) is 0 Å². The second kappa shape index (κ2) is 5.26. The number of nitrogens with zero attached hydrogens (tertiary/aromatic N) is 4. The lowest BCUT2D eigenvalue weighted by Crippen LogP contribution is -2.30. The van der Waals surface area contributed by atoms with E-state index in [9.17, 15) is 4.79 Å². The Bertz CT molecular complexity index is 680. The van der Waals surface area contributed by atoms with Crippen LogP contribution in [0.15, 0.2) is 23.0 Å². The Morgan fingerprint density at radius 3 is 2.77 bits per heavy atom. The van der Waals surface area contributed by atoms with Gasteiger partial charge in [-0.3, -0.25) is 9.48 Å². The molecule has 2 aromatic heterocycles. The van der Waals surface area contributed by atoms with Gasteiger partial charge in [0.25, 0.3) is 5.91 Å². The minimum atomic E-state index is -0.134. The van der Waals surface area contributed by atoms with Gasteiger partial charge in [0.05, 0.1) is 29.0 Å².